The Bertz CT molecular complexity index is 619. The third-order valence-corrected chi connectivity index (χ3v) is 3.72. The second-order valence-electron chi connectivity index (χ2n) is 5.35. The maximum Gasteiger partial charge on any atom is 0.573 e. The number of carbonyl (C=O) groups excluding carboxylic acids is 1. The van der Waals surface area contributed by atoms with Crippen LogP contribution in [0.5, 0.6) is 5.75 Å². The van der Waals surface area contributed by atoms with E-state index in [0.717, 1.165) is 6.07 Å². The van der Waals surface area contributed by atoms with Gasteiger partial charge in [0.2, 0.25) is 0 Å². The van der Waals surface area contributed by atoms with Crippen LogP contribution in [0.25, 0.3) is 0 Å². The Hall–Kier alpha value is -2.29. The predicted molar refractivity (Wildman–Crippen MR) is 75.6 cm³/mol. The van der Waals surface area contributed by atoms with E-state index in [9.17, 15) is 22.8 Å². The standard InChI is InChI=1S/C15H16F3NO5/c1-23-10-6-9(7-13(20)21)19(8-10)14(22)11-4-2-3-5-12(11)24-15(16,17)18/h2-5,9-10H,6-8H2,1H3,(H,20,21). The average molecular weight is 347 g/mol. The number of ether oxygens (including phenoxy) is 2. The molecule has 1 saturated heterocycles. The molecule has 1 heterocycles. The van der Waals surface area contributed by atoms with E-state index in [4.69, 9.17) is 9.84 Å². The van der Waals surface area contributed by atoms with Crippen LogP contribution in [0.1, 0.15) is 23.2 Å². The lowest BCUT2D eigenvalue weighted by molar-refractivity contribution is -0.274. The third-order valence-electron chi connectivity index (χ3n) is 3.72. The molecule has 0 aromatic heterocycles. The fourth-order valence-electron chi connectivity index (χ4n) is 2.70. The molecule has 1 N–H and O–H groups in total. The number of para-hydroxylation sites is 1. The number of carboxylic acids is 1. The molecule has 0 spiro atoms. The van der Waals surface area contributed by atoms with E-state index in [1.807, 2.05) is 0 Å². The summed E-state index contributed by atoms with van der Waals surface area (Å²) < 4.78 is 46.5. The van der Waals surface area contributed by atoms with E-state index in [1.54, 1.807) is 0 Å². The maximum absolute atomic E-state index is 12.6. The smallest absolute Gasteiger partial charge is 0.481 e. The molecule has 0 aliphatic carbocycles. The van der Waals surface area contributed by atoms with Crippen LogP contribution >= 0.6 is 0 Å². The summed E-state index contributed by atoms with van der Waals surface area (Å²) in [5.41, 5.74) is -0.276. The van der Waals surface area contributed by atoms with Crippen molar-refractivity contribution < 1.29 is 37.3 Å². The molecule has 1 aliphatic heterocycles. The number of methoxy groups -OCH3 is 1. The van der Waals surface area contributed by atoms with Crippen molar-refractivity contribution in [1.82, 2.24) is 4.90 Å². The van der Waals surface area contributed by atoms with Gasteiger partial charge >= 0.3 is 12.3 Å². The first-order valence-electron chi connectivity index (χ1n) is 7.11. The zero-order valence-electron chi connectivity index (χ0n) is 12.7. The van der Waals surface area contributed by atoms with Gasteiger partial charge in [-0.3, -0.25) is 9.59 Å². The Morgan fingerprint density at radius 1 is 1.33 bits per heavy atom. The first-order valence-corrected chi connectivity index (χ1v) is 7.11. The summed E-state index contributed by atoms with van der Waals surface area (Å²) in [5, 5.41) is 8.96. The summed E-state index contributed by atoms with van der Waals surface area (Å²) in [7, 11) is 1.43. The Morgan fingerprint density at radius 3 is 2.58 bits per heavy atom. The highest BCUT2D eigenvalue weighted by atomic mass is 19.4. The molecule has 1 aliphatic rings. The third kappa shape index (κ3) is 4.38. The summed E-state index contributed by atoms with van der Waals surface area (Å²) in [6, 6.07) is 4.32. The predicted octanol–water partition coefficient (Wildman–Crippen LogP) is 2.29. The molecule has 2 unspecified atom stereocenters. The van der Waals surface area contributed by atoms with Crippen molar-refractivity contribution in [2.75, 3.05) is 13.7 Å². The van der Waals surface area contributed by atoms with E-state index < -0.39 is 30.0 Å². The van der Waals surface area contributed by atoms with Gasteiger partial charge in [0.25, 0.3) is 5.91 Å². The van der Waals surface area contributed by atoms with E-state index in [2.05, 4.69) is 4.74 Å². The Kier molecular flexibility index (Phi) is 5.33. The molecule has 1 aromatic rings. The van der Waals surface area contributed by atoms with Crippen molar-refractivity contribution in [1.29, 1.82) is 0 Å². The summed E-state index contributed by atoms with van der Waals surface area (Å²) in [6.45, 7) is 0.105. The van der Waals surface area contributed by atoms with Gasteiger partial charge in [-0.15, -0.1) is 13.2 Å². The summed E-state index contributed by atoms with van der Waals surface area (Å²) in [6.07, 6.45) is -5.31. The quantitative estimate of drug-likeness (QED) is 0.884. The average Bonchev–Trinajstić information content (AvgIpc) is 2.87. The molecular formula is C15H16F3NO5. The van der Waals surface area contributed by atoms with E-state index in [-0.39, 0.29) is 24.6 Å². The lowest BCUT2D eigenvalue weighted by atomic mass is 10.1. The molecule has 6 nitrogen and oxygen atoms in total. The Morgan fingerprint density at radius 2 is 2.00 bits per heavy atom. The summed E-state index contributed by atoms with van der Waals surface area (Å²) in [4.78, 5) is 24.8. The van der Waals surface area contributed by atoms with Crippen LogP contribution in [0, 0.1) is 0 Å². The van der Waals surface area contributed by atoms with Crippen molar-refractivity contribution in [3.63, 3.8) is 0 Å². The molecule has 132 valence electrons. The van der Waals surface area contributed by atoms with Crippen LogP contribution < -0.4 is 4.74 Å². The van der Waals surface area contributed by atoms with Crippen LogP contribution in [-0.4, -0.2) is 54.0 Å². The maximum atomic E-state index is 12.6. The number of likely N-dealkylation sites (tertiary alicyclic amines) is 1. The number of alkyl halides is 3. The minimum absolute atomic E-state index is 0.105. The zero-order valence-corrected chi connectivity index (χ0v) is 12.7. The van der Waals surface area contributed by atoms with Gasteiger partial charge in [-0.05, 0) is 18.6 Å². The van der Waals surface area contributed by atoms with Crippen LogP contribution in [-0.2, 0) is 9.53 Å². The molecule has 0 saturated carbocycles. The highest BCUT2D eigenvalue weighted by molar-refractivity contribution is 5.97. The van der Waals surface area contributed by atoms with Crippen molar-refractivity contribution in [2.45, 2.75) is 31.3 Å². The molecule has 24 heavy (non-hydrogen) atoms. The van der Waals surface area contributed by atoms with E-state index in [0.29, 0.717) is 6.42 Å². The first kappa shape index (κ1) is 18.1. The van der Waals surface area contributed by atoms with Gasteiger partial charge in [0.15, 0.2) is 0 Å². The van der Waals surface area contributed by atoms with Gasteiger partial charge in [-0.1, -0.05) is 12.1 Å². The Labute approximate surface area is 135 Å². The van der Waals surface area contributed by atoms with Gasteiger partial charge in [-0.2, -0.15) is 0 Å². The topological polar surface area (TPSA) is 76.1 Å². The molecular weight excluding hydrogens is 331 g/mol. The number of nitrogens with zero attached hydrogens (tertiary/aromatic N) is 1. The fraction of sp³-hybridized carbons (Fsp3) is 0.467. The second kappa shape index (κ2) is 7.08. The minimum atomic E-state index is -4.93. The molecule has 0 radical (unpaired) electrons. The molecule has 1 aromatic carbocycles. The van der Waals surface area contributed by atoms with Gasteiger partial charge < -0.3 is 19.5 Å². The summed E-state index contributed by atoms with van der Waals surface area (Å²) >= 11 is 0. The molecule has 0 bridgehead atoms. The van der Waals surface area contributed by atoms with Crippen LogP contribution in [0.3, 0.4) is 0 Å². The lowest BCUT2D eigenvalue weighted by Gasteiger charge is -2.24. The van der Waals surface area contributed by atoms with Gasteiger partial charge in [0.05, 0.1) is 18.1 Å². The number of hydrogen-bond donors (Lipinski definition) is 1. The number of carboxylic acid groups (broad SMARTS) is 1. The van der Waals surface area contributed by atoms with Gasteiger partial charge in [0.1, 0.15) is 5.75 Å². The normalized spacial score (nSPS) is 20.9. The van der Waals surface area contributed by atoms with Crippen LogP contribution in [0.15, 0.2) is 24.3 Å². The number of hydrogen-bond acceptors (Lipinski definition) is 4. The van der Waals surface area contributed by atoms with E-state index in [1.165, 1.54) is 30.2 Å². The Balaban J connectivity index is 2.28. The second-order valence-corrected chi connectivity index (χ2v) is 5.35. The number of aliphatic carboxylic acids is 1. The zero-order chi connectivity index (χ0) is 17.9. The highest BCUT2D eigenvalue weighted by Crippen LogP contribution is 2.30. The number of benzene rings is 1. The molecule has 2 atom stereocenters. The van der Waals surface area contributed by atoms with Crippen molar-refractivity contribution >= 4 is 11.9 Å². The number of carbonyl (C=O) groups is 2. The van der Waals surface area contributed by atoms with Gasteiger partial charge in [0, 0.05) is 19.7 Å². The van der Waals surface area contributed by atoms with E-state index >= 15 is 0 Å². The molecule has 1 amide bonds. The highest BCUT2D eigenvalue weighted by Gasteiger charge is 2.39. The number of amides is 1. The SMILES string of the molecule is COC1CC(CC(=O)O)N(C(=O)c2ccccc2OC(F)(F)F)C1. The van der Waals surface area contributed by atoms with Crippen molar-refractivity contribution in [3.8, 4) is 5.75 Å². The lowest BCUT2D eigenvalue weighted by Crippen LogP contribution is -2.37. The van der Waals surface area contributed by atoms with Crippen LogP contribution in [0.2, 0.25) is 0 Å². The molecule has 9 heteroatoms. The first-order chi connectivity index (χ1) is 11.2. The molecule has 1 fully saturated rings. The van der Waals surface area contributed by atoms with Crippen molar-refractivity contribution in [3.05, 3.63) is 29.8 Å². The monoisotopic (exact) mass is 347 g/mol. The number of rotatable bonds is 5. The fourth-order valence-corrected chi connectivity index (χ4v) is 2.70. The molecule has 2 rings (SSSR count). The van der Waals surface area contributed by atoms with Crippen LogP contribution in [0.4, 0.5) is 13.2 Å². The summed E-state index contributed by atoms with van der Waals surface area (Å²) in [5.74, 6) is -2.44. The van der Waals surface area contributed by atoms with Crippen molar-refractivity contribution in [2.24, 2.45) is 0 Å². The number of halogens is 3. The minimum Gasteiger partial charge on any atom is -0.481 e. The largest absolute Gasteiger partial charge is 0.573 e. The van der Waals surface area contributed by atoms with Gasteiger partial charge in [-0.25, -0.2) is 0 Å².